The van der Waals surface area contributed by atoms with Gasteiger partial charge in [0.15, 0.2) is 17.6 Å². The van der Waals surface area contributed by atoms with Crippen LogP contribution in [0.2, 0.25) is 0 Å². The Morgan fingerprint density at radius 2 is 1.63 bits per heavy atom. The van der Waals surface area contributed by atoms with Gasteiger partial charge in [-0.1, -0.05) is 19.1 Å². The first kappa shape index (κ1) is 20.4. The minimum absolute atomic E-state index is 0.208. The number of carbonyl (C=O) groups is 1. The van der Waals surface area contributed by atoms with Gasteiger partial charge in [-0.05, 0) is 43.7 Å². The lowest BCUT2D eigenvalue weighted by Gasteiger charge is -2.23. The second kappa shape index (κ2) is 9.71. The summed E-state index contributed by atoms with van der Waals surface area (Å²) in [6.07, 6.45) is -0.119. The summed E-state index contributed by atoms with van der Waals surface area (Å²) < 4.78 is 21.9. The van der Waals surface area contributed by atoms with Crippen LogP contribution in [-0.4, -0.2) is 33.3 Å². The van der Waals surface area contributed by atoms with Crippen molar-refractivity contribution in [3.63, 3.8) is 0 Å². The molecule has 2 aromatic carbocycles. The maximum absolute atomic E-state index is 12.8. The molecule has 6 nitrogen and oxygen atoms in total. The summed E-state index contributed by atoms with van der Waals surface area (Å²) in [5, 5.41) is 2.99. The number of carbonyl (C=O) groups excluding carboxylic acids is 1. The molecule has 146 valence electrons. The van der Waals surface area contributed by atoms with Crippen molar-refractivity contribution in [1.29, 1.82) is 0 Å². The highest BCUT2D eigenvalue weighted by Crippen LogP contribution is 2.30. The fraction of sp³-hybridized carbons (Fsp3) is 0.381. The van der Waals surface area contributed by atoms with Crippen LogP contribution in [0.4, 0.5) is 0 Å². The number of hydrogen-bond acceptors (Lipinski definition) is 5. The van der Waals surface area contributed by atoms with Crippen LogP contribution in [0.1, 0.15) is 31.9 Å². The minimum Gasteiger partial charge on any atom is -0.497 e. The molecule has 2 atom stereocenters. The molecule has 0 saturated heterocycles. The summed E-state index contributed by atoms with van der Waals surface area (Å²) >= 11 is 0. The van der Waals surface area contributed by atoms with Gasteiger partial charge in [-0.15, -0.1) is 0 Å². The van der Waals surface area contributed by atoms with E-state index in [0.29, 0.717) is 29.4 Å². The van der Waals surface area contributed by atoms with Crippen LogP contribution in [0.25, 0.3) is 0 Å². The van der Waals surface area contributed by atoms with Crippen LogP contribution >= 0.6 is 0 Å². The molecule has 2 rings (SSSR count). The first-order chi connectivity index (χ1) is 13.0. The van der Waals surface area contributed by atoms with Crippen molar-refractivity contribution < 1.29 is 23.7 Å². The second-order valence-corrected chi connectivity index (χ2v) is 6.00. The molecule has 27 heavy (non-hydrogen) atoms. The summed E-state index contributed by atoms with van der Waals surface area (Å²) in [4.78, 5) is 12.8. The monoisotopic (exact) mass is 373 g/mol. The largest absolute Gasteiger partial charge is 0.497 e. The van der Waals surface area contributed by atoms with E-state index in [1.54, 1.807) is 33.5 Å². The number of hydrogen-bond donors (Lipinski definition) is 1. The van der Waals surface area contributed by atoms with Crippen LogP contribution in [0.3, 0.4) is 0 Å². The van der Waals surface area contributed by atoms with Crippen molar-refractivity contribution in [2.45, 2.75) is 32.4 Å². The molecular weight excluding hydrogens is 346 g/mol. The van der Waals surface area contributed by atoms with E-state index in [1.165, 1.54) is 0 Å². The third-order valence-electron chi connectivity index (χ3n) is 4.26. The van der Waals surface area contributed by atoms with Gasteiger partial charge in [-0.3, -0.25) is 4.79 Å². The third kappa shape index (κ3) is 5.06. The molecule has 0 heterocycles. The average molecular weight is 373 g/mol. The van der Waals surface area contributed by atoms with E-state index in [1.807, 2.05) is 44.2 Å². The highest BCUT2D eigenvalue weighted by Gasteiger charge is 2.23. The van der Waals surface area contributed by atoms with Gasteiger partial charge < -0.3 is 24.3 Å². The van der Waals surface area contributed by atoms with Crippen molar-refractivity contribution >= 4 is 5.91 Å². The molecule has 0 saturated carbocycles. The van der Waals surface area contributed by atoms with Crippen molar-refractivity contribution in [2.75, 3.05) is 21.3 Å². The van der Waals surface area contributed by atoms with Crippen LogP contribution < -0.4 is 24.3 Å². The highest BCUT2D eigenvalue weighted by atomic mass is 16.5. The van der Waals surface area contributed by atoms with Gasteiger partial charge in [0, 0.05) is 5.56 Å². The van der Waals surface area contributed by atoms with Gasteiger partial charge in [-0.2, -0.15) is 0 Å². The Hall–Kier alpha value is -2.89. The normalized spacial score (nSPS) is 12.6. The molecule has 0 aliphatic heterocycles. The van der Waals surface area contributed by atoms with Gasteiger partial charge in [0.05, 0.1) is 27.4 Å². The Kier molecular flexibility index (Phi) is 7.34. The van der Waals surface area contributed by atoms with Crippen molar-refractivity contribution in [2.24, 2.45) is 0 Å². The number of ether oxygens (including phenoxy) is 4. The molecule has 0 bridgehead atoms. The fourth-order valence-electron chi connectivity index (χ4n) is 2.75. The van der Waals surface area contributed by atoms with Crippen LogP contribution in [-0.2, 0) is 4.79 Å². The molecule has 0 fully saturated rings. The van der Waals surface area contributed by atoms with E-state index in [-0.39, 0.29) is 11.9 Å². The standard InChI is InChI=1S/C21H27NO5/c1-6-17(27-20-10-8-7-9-19(20)26-5)21(23)22-14(2)16-13-15(24-3)11-12-18(16)25-4/h7-14,17H,6H2,1-5H3,(H,22,23)/t14-,17-/m1/s1. The summed E-state index contributed by atoms with van der Waals surface area (Å²) in [6, 6.07) is 12.5. The zero-order chi connectivity index (χ0) is 19.8. The molecule has 0 aliphatic carbocycles. The lowest BCUT2D eigenvalue weighted by molar-refractivity contribution is -0.128. The lowest BCUT2D eigenvalue weighted by Crippen LogP contribution is -2.39. The summed E-state index contributed by atoms with van der Waals surface area (Å²) in [6.45, 7) is 3.79. The van der Waals surface area contributed by atoms with E-state index in [9.17, 15) is 4.79 Å². The van der Waals surface area contributed by atoms with E-state index in [0.717, 1.165) is 5.56 Å². The van der Waals surface area contributed by atoms with E-state index >= 15 is 0 Å². The molecule has 1 N–H and O–H groups in total. The maximum atomic E-state index is 12.8. The Morgan fingerprint density at radius 1 is 0.963 bits per heavy atom. The molecule has 0 aliphatic rings. The van der Waals surface area contributed by atoms with Gasteiger partial charge in [-0.25, -0.2) is 0 Å². The number of amides is 1. The molecule has 6 heteroatoms. The topological polar surface area (TPSA) is 66.0 Å². The SMILES string of the molecule is CC[C@@H](Oc1ccccc1OC)C(=O)N[C@H](C)c1cc(OC)ccc1OC. The highest BCUT2D eigenvalue weighted by molar-refractivity contribution is 5.81. The second-order valence-electron chi connectivity index (χ2n) is 6.00. The van der Waals surface area contributed by atoms with Crippen LogP contribution in [0.15, 0.2) is 42.5 Å². The Morgan fingerprint density at radius 3 is 2.22 bits per heavy atom. The Bertz CT molecular complexity index is 762. The third-order valence-corrected chi connectivity index (χ3v) is 4.26. The van der Waals surface area contributed by atoms with Gasteiger partial charge in [0.2, 0.25) is 0 Å². The van der Waals surface area contributed by atoms with Crippen LogP contribution in [0.5, 0.6) is 23.0 Å². The molecular formula is C21H27NO5. The summed E-state index contributed by atoms with van der Waals surface area (Å²) in [7, 11) is 4.77. The summed E-state index contributed by atoms with van der Waals surface area (Å²) in [5.41, 5.74) is 0.831. The molecule has 0 aromatic heterocycles. The zero-order valence-electron chi connectivity index (χ0n) is 16.4. The first-order valence-electron chi connectivity index (χ1n) is 8.86. The number of para-hydroxylation sites is 2. The summed E-state index contributed by atoms with van der Waals surface area (Å²) in [5.74, 6) is 2.30. The first-order valence-corrected chi connectivity index (χ1v) is 8.86. The molecule has 0 radical (unpaired) electrons. The van der Waals surface area contributed by atoms with E-state index < -0.39 is 6.10 Å². The maximum Gasteiger partial charge on any atom is 0.261 e. The molecule has 1 amide bonds. The fourth-order valence-corrected chi connectivity index (χ4v) is 2.75. The van der Waals surface area contributed by atoms with Crippen molar-refractivity contribution in [3.05, 3.63) is 48.0 Å². The Balaban J connectivity index is 2.14. The lowest BCUT2D eigenvalue weighted by atomic mass is 10.1. The molecule has 0 spiro atoms. The zero-order valence-corrected chi connectivity index (χ0v) is 16.4. The smallest absolute Gasteiger partial charge is 0.261 e. The number of methoxy groups -OCH3 is 3. The van der Waals surface area contributed by atoms with Crippen LogP contribution in [0, 0.1) is 0 Å². The van der Waals surface area contributed by atoms with Gasteiger partial charge >= 0.3 is 0 Å². The molecule has 0 unspecified atom stereocenters. The predicted octanol–water partition coefficient (Wildman–Crippen LogP) is 3.75. The van der Waals surface area contributed by atoms with E-state index in [2.05, 4.69) is 5.32 Å². The quantitative estimate of drug-likeness (QED) is 0.725. The van der Waals surface area contributed by atoms with Gasteiger partial charge in [0.1, 0.15) is 11.5 Å². The van der Waals surface area contributed by atoms with Gasteiger partial charge in [0.25, 0.3) is 5.91 Å². The van der Waals surface area contributed by atoms with Crippen molar-refractivity contribution in [3.8, 4) is 23.0 Å². The number of nitrogens with one attached hydrogen (secondary N) is 1. The van der Waals surface area contributed by atoms with Crippen molar-refractivity contribution in [1.82, 2.24) is 5.32 Å². The number of benzene rings is 2. The predicted molar refractivity (Wildman–Crippen MR) is 104 cm³/mol. The average Bonchev–Trinajstić information content (AvgIpc) is 2.71. The minimum atomic E-state index is -0.639. The van der Waals surface area contributed by atoms with E-state index in [4.69, 9.17) is 18.9 Å². The Labute approximate surface area is 160 Å². The molecule has 2 aromatic rings. The number of rotatable bonds is 9.